The van der Waals surface area contributed by atoms with Crippen LogP contribution in [-0.4, -0.2) is 17.7 Å². The second-order valence-corrected chi connectivity index (χ2v) is 6.10. The van der Waals surface area contributed by atoms with Crippen molar-refractivity contribution in [2.75, 3.05) is 6.79 Å². The average molecular weight is 348 g/mol. The predicted molar refractivity (Wildman–Crippen MR) is 87.9 cm³/mol. The van der Waals surface area contributed by atoms with E-state index in [-0.39, 0.29) is 0 Å². The maximum absolute atomic E-state index is 12.1. The molecule has 1 atom stereocenters. The number of ether oxygens (including phenoxy) is 1. The average Bonchev–Trinajstić information content (AvgIpc) is 2.61. The van der Waals surface area contributed by atoms with Crippen LogP contribution in [0.4, 0.5) is 0 Å². The highest BCUT2D eigenvalue weighted by Crippen LogP contribution is 2.49. The molecule has 0 aliphatic rings. The molecule has 0 heterocycles. The Morgan fingerprint density at radius 1 is 1.08 bits per heavy atom. The van der Waals surface area contributed by atoms with Gasteiger partial charge in [-0.25, -0.2) is 13.9 Å². The maximum atomic E-state index is 12.1. The van der Waals surface area contributed by atoms with Gasteiger partial charge in [0.05, 0.1) is 0 Å². The summed E-state index contributed by atoms with van der Waals surface area (Å²) < 4.78 is 26.6. The largest absolute Gasteiger partial charge is 0.476 e. The monoisotopic (exact) mass is 348 g/mol. The number of carbonyl (C=O) groups is 1. The third-order valence-electron chi connectivity index (χ3n) is 3.03. The number of carbonyl (C=O) groups excluding carboxylic acids is 1. The molecule has 0 aromatic heterocycles. The van der Waals surface area contributed by atoms with Crippen LogP contribution in [0.15, 0.2) is 73.3 Å². The molecule has 6 nitrogen and oxygen atoms in total. The Kier molecular flexibility index (Phi) is 6.46. The zero-order chi connectivity index (χ0) is 17.4. The summed E-state index contributed by atoms with van der Waals surface area (Å²) in [6.07, 6.45) is 0.113. The van der Waals surface area contributed by atoms with E-state index in [2.05, 4.69) is 15.8 Å². The number of phosphoric ester groups is 1. The van der Waals surface area contributed by atoms with Crippen molar-refractivity contribution in [3.63, 3.8) is 0 Å². The highest BCUT2D eigenvalue weighted by molar-refractivity contribution is 7.47. The second kappa shape index (κ2) is 8.57. The fourth-order valence-electron chi connectivity index (χ4n) is 1.94. The minimum Gasteiger partial charge on any atom is -0.435 e. The summed E-state index contributed by atoms with van der Waals surface area (Å²) in [5.41, 5.74) is 1.37. The fraction of sp³-hybridized carbons (Fsp3) is 0.118. The normalized spacial score (nSPS) is 13.2. The van der Waals surface area contributed by atoms with Gasteiger partial charge in [0, 0.05) is 6.08 Å². The molecule has 0 saturated heterocycles. The van der Waals surface area contributed by atoms with Crippen LogP contribution in [0.25, 0.3) is 0 Å². The Bertz CT molecular complexity index is 677. The van der Waals surface area contributed by atoms with Crippen molar-refractivity contribution >= 4 is 13.8 Å². The van der Waals surface area contributed by atoms with E-state index < -0.39 is 26.7 Å². The first kappa shape index (κ1) is 18.1. The first-order valence-electron chi connectivity index (χ1n) is 7.06. The molecule has 0 aliphatic carbocycles. The standard InChI is InChI=1S/C17H17O6P/c1-2-16(18)21-13-22-24(19,20)23-17(14-9-5-3-6-10-14)15-11-7-4-8-12-15/h2-12,17H,1,13H2,(H,19,20). The van der Waals surface area contributed by atoms with Gasteiger partial charge in [-0.15, -0.1) is 0 Å². The summed E-state index contributed by atoms with van der Waals surface area (Å²) in [4.78, 5) is 20.8. The molecule has 1 N–H and O–H groups in total. The summed E-state index contributed by atoms with van der Waals surface area (Å²) in [5, 5.41) is 0. The lowest BCUT2D eigenvalue weighted by Gasteiger charge is -2.21. The highest BCUT2D eigenvalue weighted by Gasteiger charge is 2.29. The molecule has 0 aliphatic heterocycles. The maximum Gasteiger partial charge on any atom is 0.476 e. The van der Waals surface area contributed by atoms with Crippen molar-refractivity contribution in [2.24, 2.45) is 0 Å². The van der Waals surface area contributed by atoms with E-state index in [0.717, 1.165) is 6.08 Å². The summed E-state index contributed by atoms with van der Waals surface area (Å²) >= 11 is 0. The third-order valence-corrected chi connectivity index (χ3v) is 3.94. The summed E-state index contributed by atoms with van der Waals surface area (Å²) in [6.45, 7) is 2.50. The van der Waals surface area contributed by atoms with E-state index in [9.17, 15) is 14.3 Å². The van der Waals surface area contributed by atoms with Crippen LogP contribution in [0.1, 0.15) is 17.2 Å². The lowest BCUT2D eigenvalue weighted by molar-refractivity contribution is -0.145. The van der Waals surface area contributed by atoms with Crippen molar-refractivity contribution < 1.29 is 28.0 Å². The molecule has 126 valence electrons. The van der Waals surface area contributed by atoms with Crippen LogP contribution < -0.4 is 0 Å². The molecule has 0 bridgehead atoms. The quantitative estimate of drug-likeness (QED) is 0.340. The Labute approximate surface area is 139 Å². The topological polar surface area (TPSA) is 82.1 Å². The van der Waals surface area contributed by atoms with E-state index >= 15 is 0 Å². The Hall–Kier alpha value is -2.24. The number of benzene rings is 2. The van der Waals surface area contributed by atoms with Crippen molar-refractivity contribution in [1.29, 1.82) is 0 Å². The Morgan fingerprint density at radius 3 is 2.04 bits per heavy atom. The van der Waals surface area contributed by atoms with Gasteiger partial charge in [0.25, 0.3) is 0 Å². The van der Waals surface area contributed by atoms with E-state index in [0.29, 0.717) is 11.1 Å². The molecule has 0 radical (unpaired) electrons. The molecule has 2 aromatic carbocycles. The van der Waals surface area contributed by atoms with Gasteiger partial charge in [-0.05, 0) is 11.1 Å². The minimum absolute atomic E-state index is 0.685. The first-order valence-corrected chi connectivity index (χ1v) is 8.56. The SMILES string of the molecule is C=CC(=O)OCOP(=O)(O)OC(c1ccccc1)c1ccccc1. The van der Waals surface area contributed by atoms with Crippen LogP contribution in [0.3, 0.4) is 0 Å². The third kappa shape index (κ3) is 5.44. The summed E-state index contributed by atoms with van der Waals surface area (Å²) in [7, 11) is -4.46. The number of phosphoric acid groups is 1. The molecule has 1 unspecified atom stereocenters. The zero-order valence-electron chi connectivity index (χ0n) is 12.8. The van der Waals surface area contributed by atoms with Crippen molar-refractivity contribution in [1.82, 2.24) is 0 Å². The van der Waals surface area contributed by atoms with Gasteiger partial charge in [0.1, 0.15) is 6.10 Å². The first-order chi connectivity index (χ1) is 11.5. The summed E-state index contributed by atoms with van der Waals surface area (Å²) in [6, 6.07) is 17.9. The van der Waals surface area contributed by atoms with Crippen LogP contribution in [0, 0.1) is 0 Å². The lowest BCUT2D eigenvalue weighted by atomic mass is 10.0. The Morgan fingerprint density at radius 2 is 1.58 bits per heavy atom. The van der Waals surface area contributed by atoms with Gasteiger partial charge in [-0.3, -0.25) is 4.52 Å². The zero-order valence-corrected chi connectivity index (χ0v) is 13.7. The van der Waals surface area contributed by atoms with Gasteiger partial charge >= 0.3 is 13.8 Å². The number of esters is 1. The fourth-order valence-corrected chi connectivity index (χ4v) is 2.70. The van der Waals surface area contributed by atoms with Crippen LogP contribution in [0.2, 0.25) is 0 Å². The van der Waals surface area contributed by atoms with Gasteiger partial charge in [0.2, 0.25) is 6.79 Å². The second-order valence-electron chi connectivity index (χ2n) is 4.69. The van der Waals surface area contributed by atoms with E-state index in [1.54, 1.807) is 48.5 Å². The van der Waals surface area contributed by atoms with Gasteiger partial charge in [0.15, 0.2) is 0 Å². The van der Waals surface area contributed by atoms with E-state index in [4.69, 9.17) is 4.52 Å². The lowest BCUT2D eigenvalue weighted by Crippen LogP contribution is -2.09. The van der Waals surface area contributed by atoms with E-state index in [1.807, 2.05) is 12.1 Å². The number of rotatable bonds is 8. The van der Waals surface area contributed by atoms with Crippen molar-refractivity contribution in [3.8, 4) is 0 Å². The minimum atomic E-state index is -4.46. The van der Waals surface area contributed by atoms with Crippen molar-refractivity contribution in [2.45, 2.75) is 6.10 Å². The Balaban J connectivity index is 2.15. The van der Waals surface area contributed by atoms with Crippen LogP contribution in [0.5, 0.6) is 0 Å². The molecule has 2 rings (SSSR count). The molecule has 0 saturated carbocycles. The molecule has 2 aromatic rings. The van der Waals surface area contributed by atoms with Crippen LogP contribution in [-0.2, 0) is 23.1 Å². The number of hydrogen-bond acceptors (Lipinski definition) is 5. The van der Waals surface area contributed by atoms with Gasteiger partial charge < -0.3 is 9.63 Å². The molecular formula is C17H17O6P. The molecule has 0 amide bonds. The van der Waals surface area contributed by atoms with Gasteiger partial charge in [-0.1, -0.05) is 67.2 Å². The molecule has 0 spiro atoms. The molecule has 24 heavy (non-hydrogen) atoms. The van der Waals surface area contributed by atoms with E-state index in [1.165, 1.54) is 0 Å². The highest BCUT2D eigenvalue weighted by atomic mass is 31.2. The van der Waals surface area contributed by atoms with Crippen molar-refractivity contribution in [3.05, 3.63) is 84.4 Å². The summed E-state index contributed by atoms with van der Waals surface area (Å²) in [5.74, 6) is -0.766. The molecular weight excluding hydrogens is 331 g/mol. The smallest absolute Gasteiger partial charge is 0.435 e. The van der Waals surface area contributed by atoms with Crippen LogP contribution >= 0.6 is 7.82 Å². The molecule has 7 heteroatoms. The molecule has 0 fully saturated rings. The number of hydrogen-bond donors (Lipinski definition) is 1. The van der Waals surface area contributed by atoms with Gasteiger partial charge in [-0.2, -0.15) is 0 Å². The predicted octanol–water partition coefficient (Wildman–Crippen LogP) is 3.60.